The number of phenolic OH excluding ortho intramolecular Hbond substituents is 1. The molecule has 0 spiro atoms. The molecule has 1 aromatic carbocycles. The van der Waals surface area contributed by atoms with Crippen molar-refractivity contribution < 1.29 is 10.2 Å². The van der Waals surface area contributed by atoms with Crippen LogP contribution >= 0.6 is 34.2 Å². The molecule has 1 heterocycles. The first-order chi connectivity index (χ1) is 7.63. The minimum absolute atomic E-state index is 0.0137. The number of phenols is 1. The van der Waals surface area contributed by atoms with Gasteiger partial charge in [0.2, 0.25) is 0 Å². The molecule has 0 saturated heterocycles. The zero-order valence-electron chi connectivity index (χ0n) is 7.93. The van der Waals surface area contributed by atoms with Gasteiger partial charge in [0.1, 0.15) is 20.8 Å². The van der Waals surface area contributed by atoms with Crippen molar-refractivity contribution in [2.45, 2.75) is 6.61 Å². The highest BCUT2D eigenvalue weighted by Crippen LogP contribution is 2.26. The van der Waals surface area contributed by atoms with Crippen molar-refractivity contribution in [1.29, 1.82) is 0 Å². The lowest BCUT2D eigenvalue weighted by molar-refractivity contribution is 0.276. The van der Waals surface area contributed by atoms with Gasteiger partial charge in [-0.1, -0.05) is 16.8 Å². The normalized spacial score (nSPS) is 10.7. The molecule has 0 aliphatic rings. The second-order valence-electron chi connectivity index (χ2n) is 3.03. The number of hydrogen-bond donors (Lipinski definition) is 2. The average molecular weight is 352 g/mol. The van der Waals surface area contributed by atoms with Crippen LogP contribution in [0.15, 0.2) is 18.2 Å². The molecule has 2 N–H and O–H groups in total. The van der Waals surface area contributed by atoms with Crippen molar-refractivity contribution in [3.63, 3.8) is 0 Å². The standard InChI is InChI=1S/C9H7ClIN3O2/c10-5-1-2-7(8(16)3-5)14-9(11)6(4-15)12-13-14/h1-3,15-16H,4H2. The largest absolute Gasteiger partial charge is 0.506 e. The molecule has 1 aromatic heterocycles. The van der Waals surface area contributed by atoms with Gasteiger partial charge in [-0.15, -0.1) is 5.10 Å². The van der Waals surface area contributed by atoms with Crippen LogP contribution in [-0.4, -0.2) is 25.2 Å². The molecular weight excluding hydrogens is 344 g/mol. The number of benzene rings is 1. The molecule has 16 heavy (non-hydrogen) atoms. The first-order valence-electron chi connectivity index (χ1n) is 4.33. The highest BCUT2D eigenvalue weighted by molar-refractivity contribution is 14.1. The smallest absolute Gasteiger partial charge is 0.142 e. The van der Waals surface area contributed by atoms with E-state index in [-0.39, 0.29) is 12.4 Å². The lowest BCUT2D eigenvalue weighted by atomic mass is 10.3. The number of rotatable bonds is 2. The Hall–Kier alpha value is -0.860. The number of halogens is 2. The summed E-state index contributed by atoms with van der Waals surface area (Å²) < 4.78 is 2.09. The van der Waals surface area contributed by atoms with E-state index >= 15 is 0 Å². The van der Waals surface area contributed by atoms with Crippen LogP contribution in [0.5, 0.6) is 5.75 Å². The number of nitrogens with zero attached hydrogens (tertiary/aromatic N) is 3. The molecular formula is C9H7ClIN3O2. The van der Waals surface area contributed by atoms with Crippen LogP contribution in [0.2, 0.25) is 5.02 Å². The Kier molecular flexibility index (Phi) is 3.31. The average Bonchev–Trinajstić information content (AvgIpc) is 2.60. The van der Waals surface area contributed by atoms with E-state index < -0.39 is 0 Å². The van der Waals surface area contributed by atoms with Gasteiger partial charge in [0.05, 0.1) is 6.61 Å². The van der Waals surface area contributed by atoms with Crippen molar-refractivity contribution in [3.05, 3.63) is 32.6 Å². The Bertz CT molecular complexity index is 529. The number of aliphatic hydroxyl groups excluding tert-OH is 1. The zero-order chi connectivity index (χ0) is 11.7. The highest BCUT2D eigenvalue weighted by Gasteiger charge is 2.13. The summed E-state index contributed by atoms with van der Waals surface area (Å²) in [7, 11) is 0. The molecule has 0 radical (unpaired) electrons. The molecule has 0 unspecified atom stereocenters. The summed E-state index contributed by atoms with van der Waals surface area (Å²) in [5.41, 5.74) is 0.941. The van der Waals surface area contributed by atoms with Gasteiger partial charge in [0, 0.05) is 11.1 Å². The first kappa shape index (κ1) is 11.6. The first-order valence-corrected chi connectivity index (χ1v) is 5.79. The fraction of sp³-hybridized carbons (Fsp3) is 0.111. The lowest BCUT2D eigenvalue weighted by Crippen LogP contribution is -2.00. The maximum Gasteiger partial charge on any atom is 0.142 e. The fourth-order valence-electron chi connectivity index (χ4n) is 1.23. The van der Waals surface area contributed by atoms with E-state index in [9.17, 15) is 5.11 Å². The zero-order valence-corrected chi connectivity index (χ0v) is 10.8. The predicted molar refractivity (Wildman–Crippen MR) is 66.7 cm³/mol. The van der Waals surface area contributed by atoms with Gasteiger partial charge < -0.3 is 10.2 Å². The fourth-order valence-corrected chi connectivity index (χ4v) is 2.03. The van der Waals surface area contributed by atoms with Gasteiger partial charge in [0.15, 0.2) is 0 Å². The quantitative estimate of drug-likeness (QED) is 0.808. The van der Waals surface area contributed by atoms with Crippen LogP contribution in [0.25, 0.3) is 5.69 Å². The number of hydrogen-bond acceptors (Lipinski definition) is 4. The summed E-state index contributed by atoms with van der Waals surface area (Å²) in [4.78, 5) is 0. The van der Waals surface area contributed by atoms with Crippen molar-refractivity contribution in [2.75, 3.05) is 0 Å². The maximum absolute atomic E-state index is 9.71. The topological polar surface area (TPSA) is 71.2 Å². The van der Waals surface area contributed by atoms with E-state index in [1.807, 2.05) is 22.6 Å². The summed E-state index contributed by atoms with van der Waals surface area (Å²) in [6.45, 7) is -0.188. The number of aromatic nitrogens is 3. The Morgan fingerprint density at radius 3 is 2.75 bits per heavy atom. The summed E-state index contributed by atoms with van der Waals surface area (Å²) >= 11 is 7.73. The third-order valence-corrected chi connectivity index (χ3v) is 3.31. The summed E-state index contributed by atoms with van der Waals surface area (Å²) in [6, 6.07) is 4.70. The SMILES string of the molecule is OCc1nnn(-c2ccc(Cl)cc2O)c1I. The van der Waals surface area contributed by atoms with Gasteiger partial charge in [-0.05, 0) is 34.7 Å². The lowest BCUT2D eigenvalue weighted by Gasteiger charge is -2.05. The molecule has 0 aliphatic heterocycles. The van der Waals surface area contributed by atoms with Crippen molar-refractivity contribution in [1.82, 2.24) is 15.0 Å². The molecule has 0 fully saturated rings. The number of aliphatic hydroxyl groups is 1. The molecule has 7 heteroatoms. The van der Waals surface area contributed by atoms with Gasteiger partial charge in [-0.3, -0.25) is 0 Å². The Morgan fingerprint density at radius 1 is 1.44 bits per heavy atom. The van der Waals surface area contributed by atoms with Crippen LogP contribution in [0.1, 0.15) is 5.69 Å². The Morgan fingerprint density at radius 2 is 2.19 bits per heavy atom. The Labute approximate surface area is 110 Å². The molecule has 0 aliphatic carbocycles. The molecule has 5 nitrogen and oxygen atoms in total. The van der Waals surface area contributed by atoms with Gasteiger partial charge in [0.25, 0.3) is 0 Å². The molecule has 0 atom stereocenters. The molecule has 0 saturated carbocycles. The van der Waals surface area contributed by atoms with E-state index in [0.717, 1.165) is 0 Å². The molecule has 0 bridgehead atoms. The third kappa shape index (κ3) is 2.00. The Balaban J connectivity index is 2.54. The monoisotopic (exact) mass is 351 g/mol. The maximum atomic E-state index is 9.71. The van der Waals surface area contributed by atoms with Gasteiger partial charge >= 0.3 is 0 Å². The number of aromatic hydroxyl groups is 1. The van der Waals surface area contributed by atoms with Crippen molar-refractivity contribution >= 4 is 34.2 Å². The van der Waals surface area contributed by atoms with Crippen LogP contribution in [0, 0.1) is 3.70 Å². The van der Waals surface area contributed by atoms with E-state index in [1.165, 1.54) is 10.7 Å². The summed E-state index contributed by atoms with van der Waals surface area (Å²) in [6.07, 6.45) is 0. The van der Waals surface area contributed by atoms with E-state index in [0.29, 0.717) is 20.1 Å². The molecule has 0 amide bonds. The van der Waals surface area contributed by atoms with E-state index in [1.54, 1.807) is 12.1 Å². The van der Waals surface area contributed by atoms with Gasteiger partial charge in [-0.25, -0.2) is 4.68 Å². The van der Waals surface area contributed by atoms with Crippen LogP contribution in [-0.2, 0) is 6.61 Å². The van der Waals surface area contributed by atoms with E-state index in [2.05, 4.69) is 10.3 Å². The predicted octanol–water partition coefficient (Wildman–Crippen LogP) is 1.72. The minimum atomic E-state index is -0.188. The van der Waals surface area contributed by atoms with Gasteiger partial charge in [-0.2, -0.15) is 0 Å². The summed E-state index contributed by atoms with van der Waals surface area (Å²) in [5, 5.41) is 26.8. The molecule has 2 rings (SSSR count). The van der Waals surface area contributed by atoms with Crippen LogP contribution < -0.4 is 0 Å². The van der Waals surface area contributed by atoms with Crippen molar-refractivity contribution in [2.24, 2.45) is 0 Å². The van der Waals surface area contributed by atoms with Crippen molar-refractivity contribution in [3.8, 4) is 11.4 Å². The molecule has 84 valence electrons. The van der Waals surface area contributed by atoms with E-state index in [4.69, 9.17) is 16.7 Å². The third-order valence-electron chi connectivity index (χ3n) is 1.99. The molecule has 2 aromatic rings. The van der Waals surface area contributed by atoms with Crippen LogP contribution in [0.4, 0.5) is 0 Å². The second kappa shape index (κ2) is 4.56. The summed E-state index contributed by atoms with van der Waals surface area (Å²) in [5.74, 6) is 0.0137. The highest BCUT2D eigenvalue weighted by atomic mass is 127. The second-order valence-corrected chi connectivity index (χ2v) is 4.49. The van der Waals surface area contributed by atoms with Crippen LogP contribution in [0.3, 0.4) is 0 Å². The minimum Gasteiger partial charge on any atom is -0.506 e.